The lowest BCUT2D eigenvalue weighted by atomic mass is 9.65. The van der Waals surface area contributed by atoms with Crippen LogP contribution in [0.15, 0.2) is 30.3 Å². The maximum atomic E-state index is 6.62. The van der Waals surface area contributed by atoms with E-state index in [9.17, 15) is 0 Å². The van der Waals surface area contributed by atoms with Crippen LogP contribution in [0.1, 0.15) is 55.6 Å². The third-order valence-electron chi connectivity index (χ3n) is 7.19. The number of ether oxygens (including phenoxy) is 1. The van der Waals surface area contributed by atoms with Gasteiger partial charge in [-0.25, -0.2) is 4.98 Å². The Morgan fingerprint density at radius 1 is 0.966 bits per heavy atom. The Morgan fingerprint density at radius 3 is 2.34 bits per heavy atom. The molecule has 5 nitrogen and oxygen atoms in total. The van der Waals surface area contributed by atoms with E-state index in [-0.39, 0.29) is 6.23 Å². The molecule has 1 aromatic carbocycles. The van der Waals surface area contributed by atoms with Crippen molar-refractivity contribution in [2.75, 3.05) is 39.0 Å². The number of likely N-dealkylation sites (N-methyl/N-ethyl adjacent to an activating group) is 1. The predicted molar refractivity (Wildman–Crippen MR) is 117 cm³/mol. The highest BCUT2D eigenvalue weighted by atomic mass is 16.5. The van der Waals surface area contributed by atoms with Crippen LogP contribution >= 0.6 is 0 Å². The predicted octanol–water partition coefficient (Wildman–Crippen LogP) is 4.06. The van der Waals surface area contributed by atoms with E-state index < -0.39 is 0 Å². The van der Waals surface area contributed by atoms with Crippen molar-refractivity contribution in [2.45, 2.75) is 50.7 Å². The summed E-state index contributed by atoms with van der Waals surface area (Å²) in [5, 5.41) is 0. The standard InChI is InChI=1S/C24H32N4O/c1-16(28-14-12-27(2)13-15-28)29-21-11-10-19(20-4-3-5-22(25)26-20)23-17-6-8-18(9-7-17)24(21)23/h3-5,10-11,16-18H,6-9,12-15H2,1-2H3,(H2,25,26). The molecule has 1 unspecified atom stereocenters. The van der Waals surface area contributed by atoms with Crippen molar-refractivity contribution < 1.29 is 4.74 Å². The van der Waals surface area contributed by atoms with Crippen LogP contribution in [0.2, 0.25) is 0 Å². The number of anilines is 1. The molecule has 3 aliphatic carbocycles. The SMILES string of the molecule is CC(Oc1ccc(-c2cccc(N)n2)c2c1C1CCC2CC1)N1CCN(C)CC1. The van der Waals surface area contributed by atoms with Crippen LogP contribution in [0.3, 0.4) is 0 Å². The van der Waals surface area contributed by atoms with Crippen LogP contribution in [0.25, 0.3) is 11.3 Å². The number of benzene rings is 1. The lowest BCUT2D eigenvalue weighted by Gasteiger charge is -2.42. The van der Waals surface area contributed by atoms with Gasteiger partial charge in [-0.2, -0.15) is 0 Å². The van der Waals surface area contributed by atoms with Crippen molar-refractivity contribution in [3.8, 4) is 17.0 Å². The van der Waals surface area contributed by atoms with Gasteiger partial charge in [-0.15, -0.1) is 0 Å². The molecule has 1 aromatic heterocycles. The molecule has 2 heterocycles. The number of nitrogens with two attached hydrogens (primary N) is 1. The van der Waals surface area contributed by atoms with Gasteiger partial charge in [-0.05, 0) is 81.3 Å². The fraction of sp³-hybridized carbons (Fsp3) is 0.542. The normalized spacial score (nSPS) is 25.6. The number of aromatic nitrogens is 1. The zero-order valence-electron chi connectivity index (χ0n) is 17.6. The van der Waals surface area contributed by atoms with Crippen molar-refractivity contribution in [3.05, 3.63) is 41.5 Å². The molecule has 4 aliphatic rings. The van der Waals surface area contributed by atoms with E-state index in [2.05, 4.69) is 47.0 Å². The van der Waals surface area contributed by atoms with Crippen LogP contribution < -0.4 is 10.5 Å². The average molecular weight is 393 g/mol. The number of nitrogens with zero attached hydrogens (tertiary/aromatic N) is 3. The minimum absolute atomic E-state index is 0.101. The van der Waals surface area contributed by atoms with Gasteiger partial charge in [-0.3, -0.25) is 4.90 Å². The summed E-state index contributed by atoms with van der Waals surface area (Å²) in [4.78, 5) is 9.48. The number of rotatable bonds is 4. The molecule has 2 aromatic rings. The Labute approximate surface area is 173 Å². The molecule has 29 heavy (non-hydrogen) atoms. The van der Waals surface area contributed by atoms with E-state index in [4.69, 9.17) is 10.5 Å². The summed E-state index contributed by atoms with van der Waals surface area (Å²) in [6.45, 7) is 6.55. The minimum atomic E-state index is 0.101. The summed E-state index contributed by atoms with van der Waals surface area (Å²) >= 11 is 0. The van der Waals surface area contributed by atoms with E-state index in [1.807, 2.05) is 12.1 Å². The second kappa shape index (κ2) is 7.62. The van der Waals surface area contributed by atoms with Crippen molar-refractivity contribution in [1.82, 2.24) is 14.8 Å². The molecule has 5 heteroatoms. The molecular weight excluding hydrogens is 360 g/mol. The third-order valence-corrected chi connectivity index (χ3v) is 7.19. The van der Waals surface area contributed by atoms with E-state index in [0.717, 1.165) is 37.6 Å². The lowest BCUT2D eigenvalue weighted by Crippen LogP contribution is -2.49. The van der Waals surface area contributed by atoms with Gasteiger partial charge in [0.05, 0.1) is 5.69 Å². The fourth-order valence-electron chi connectivity index (χ4n) is 5.52. The van der Waals surface area contributed by atoms with Crippen LogP contribution in [-0.2, 0) is 0 Å². The molecule has 2 N–H and O–H groups in total. The molecule has 0 spiro atoms. The quantitative estimate of drug-likeness (QED) is 0.850. The van der Waals surface area contributed by atoms with Gasteiger partial charge in [0.1, 0.15) is 17.8 Å². The van der Waals surface area contributed by atoms with E-state index >= 15 is 0 Å². The fourth-order valence-corrected chi connectivity index (χ4v) is 5.52. The molecule has 2 fully saturated rings. The highest BCUT2D eigenvalue weighted by Gasteiger charge is 2.37. The molecule has 0 radical (unpaired) electrons. The summed E-state index contributed by atoms with van der Waals surface area (Å²) < 4.78 is 6.62. The smallest absolute Gasteiger partial charge is 0.149 e. The first-order valence-electron chi connectivity index (χ1n) is 11.1. The summed E-state index contributed by atoms with van der Waals surface area (Å²) in [6, 6.07) is 10.4. The van der Waals surface area contributed by atoms with Crippen LogP contribution in [0, 0.1) is 0 Å². The van der Waals surface area contributed by atoms with Crippen LogP contribution in [0.4, 0.5) is 5.82 Å². The van der Waals surface area contributed by atoms with E-state index in [1.54, 1.807) is 0 Å². The van der Waals surface area contributed by atoms with Crippen molar-refractivity contribution >= 4 is 5.82 Å². The molecule has 1 saturated heterocycles. The second-order valence-corrected chi connectivity index (χ2v) is 8.99. The van der Waals surface area contributed by atoms with E-state index in [1.165, 1.54) is 42.4 Å². The van der Waals surface area contributed by atoms with Gasteiger partial charge in [0, 0.05) is 37.3 Å². The Hall–Kier alpha value is -2.11. The molecule has 1 atom stereocenters. The first-order chi connectivity index (χ1) is 14.1. The highest BCUT2D eigenvalue weighted by Crippen LogP contribution is 2.55. The van der Waals surface area contributed by atoms with Crippen LogP contribution in [-0.4, -0.2) is 54.2 Å². The molecule has 6 rings (SSSR count). The van der Waals surface area contributed by atoms with Gasteiger partial charge in [-0.1, -0.05) is 6.07 Å². The topological polar surface area (TPSA) is 54.6 Å². The molecule has 2 bridgehead atoms. The maximum absolute atomic E-state index is 6.62. The van der Waals surface area contributed by atoms with Crippen molar-refractivity contribution in [1.29, 1.82) is 0 Å². The molecule has 0 amide bonds. The van der Waals surface area contributed by atoms with Crippen molar-refractivity contribution in [3.63, 3.8) is 0 Å². The zero-order chi connectivity index (χ0) is 20.0. The monoisotopic (exact) mass is 392 g/mol. The van der Waals surface area contributed by atoms with Gasteiger partial charge < -0.3 is 15.4 Å². The summed E-state index contributed by atoms with van der Waals surface area (Å²) in [5.74, 6) is 2.91. The Bertz CT molecular complexity index is 882. The Morgan fingerprint density at radius 2 is 1.66 bits per heavy atom. The molecular formula is C24H32N4O. The molecule has 1 aliphatic heterocycles. The average Bonchev–Trinajstić information content (AvgIpc) is 2.75. The summed E-state index contributed by atoms with van der Waals surface area (Å²) in [5.41, 5.74) is 11.2. The largest absolute Gasteiger partial charge is 0.475 e. The summed E-state index contributed by atoms with van der Waals surface area (Å²) in [6.07, 6.45) is 5.23. The number of pyridine rings is 1. The number of nitrogen functional groups attached to an aromatic ring is 1. The number of hydrogen-bond acceptors (Lipinski definition) is 5. The van der Waals surface area contributed by atoms with Crippen LogP contribution in [0.5, 0.6) is 5.75 Å². The Balaban J connectivity index is 1.50. The molecule has 154 valence electrons. The van der Waals surface area contributed by atoms with Gasteiger partial charge in [0.15, 0.2) is 0 Å². The second-order valence-electron chi connectivity index (χ2n) is 8.99. The van der Waals surface area contributed by atoms with Gasteiger partial charge >= 0.3 is 0 Å². The van der Waals surface area contributed by atoms with Gasteiger partial charge in [0.25, 0.3) is 0 Å². The highest BCUT2D eigenvalue weighted by molar-refractivity contribution is 5.71. The van der Waals surface area contributed by atoms with Gasteiger partial charge in [0.2, 0.25) is 0 Å². The summed E-state index contributed by atoms with van der Waals surface area (Å²) in [7, 11) is 2.19. The zero-order valence-corrected chi connectivity index (χ0v) is 17.6. The third kappa shape index (κ3) is 3.51. The van der Waals surface area contributed by atoms with E-state index in [0.29, 0.717) is 17.7 Å². The Kier molecular flexibility index (Phi) is 4.96. The minimum Gasteiger partial charge on any atom is -0.475 e. The number of piperazine rings is 1. The first-order valence-corrected chi connectivity index (χ1v) is 11.1. The number of fused-ring (bicyclic) bond motifs is 2. The van der Waals surface area contributed by atoms with Crippen molar-refractivity contribution in [2.24, 2.45) is 0 Å². The number of hydrogen-bond donors (Lipinski definition) is 1. The lowest BCUT2D eigenvalue weighted by molar-refractivity contribution is 0.00791. The molecule has 1 saturated carbocycles. The first kappa shape index (κ1) is 18.9. The maximum Gasteiger partial charge on any atom is 0.149 e.